The summed E-state index contributed by atoms with van der Waals surface area (Å²) in [6.45, 7) is -0.342. The van der Waals surface area contributed by atoms with Crippen LogP contribution in [-0.4, -0.2) is 60.1 Å². The van der Waals surface area contributed by atoms with E-state index in [4.69, 9.17) is 5.14 Å². The van der Waals surface area contributed by atoms with Gasteiger partial charge in [-0.3, -0.25) is 14.0 Å². The molecule has 1 saturated carbocycles. The number of nitrogens with one attached hydrogen (secondary N) is 1. The second-order valence-corrected chi connectivity index (χ2v) is 10.2. The molecule has 4 rings (SSSR count). The standard InChI is InChI=1S/C24H24F4N4O6S/c25-21-20(9-16(23(21)34)13-37-39(29,35)36)31-19-4-6-30-10-18(19)22(33)15-5-7-32(12-15)11-14-2-1-3-17(8-14)38-24(26,27)28/h1-8,10,12,16,20-21,23,34H,9,11,13H2,(H,30,31)(H2,29,35,36)/t16-,20-,21-,23-/m1/s1. The number of anilines is 1. The Labute approximate surface area is 220 Å². The summed E-state index contributed by atoms with van der Waals surface area (Å²) in [5, 5.41) is 17.9. The predicted octanol–water partition coefficient (Wildman–Crippen LogP) is 2.78. The molecular formula is C24H24F4N4O6S. The number of ether oxygens (including phenoxy) is 1. The Morgan fingerprint density at radius 1 is 1.26 bits per heavy atom. The van der Waals surface area contributed by atoms with E-state index >= 15 is 0 Å². The largest absolute Gasteiger partial charge is 0.573 e. The zero-order chi connectivity index (χ0) is 28.4. The van der Waals surface area contributed by atoms with Crippen LogP contribution < -0.4 is 15.2 Å². The van der Waals surface area contributed by atoms with Crippen molar-refractivity contribution in [3.63, 3.8) is 0 Å². The highest BCUT2D eigenvalue weighted by Crippen LogP contribution is 2.33. The summed E-state index contributed by atoms with van der Waals surface area (Å²) in [7, 11) is -4.27. The smallest absolute Gasteiger partial charge is 0.406 e. The molecule has 1 fully saturated rings. The fraction of sp³-hybridized carbons (Fsp3) is 0.333. The quantitative estimate of drug-likeness (QED) is 0.248. The monoisotopic (exact) mass is 572 g/mol. The Hall–Kier alpha value is -3.53. The molecule has 39 heavy (non-hydrogen) atoms. The molecule has 0 amide bonds. The number of nitrogens with zero attached hydrogens (tertiary/aromatic N) is 2. The number of aliphatic hydroxyl groups is 1. The van der Waals surface area contributed by atoms with E-state index < -0.39 is 53.3 Å². The summed E-state index contributed by atoms with van der Waals surface area (Å²) < 4.78 is 84.5. The molecule has 0 unspecified atom stereocenters. The van der Waals surface area contributed by atoms with Crippen molar-refractivity contribution in [2.75, 3.05) is 11.9 Å². The SMILES string of the molecule is NS(=O)(=O)OC[C@H]1C[C@@H](Nc2ccncc2C(=O)c2ccn(Cc3cccc(OC(F)(F)F)c3)c2)[C@@H](F)[C@@H]1O. The molecule has 1 aliphatic carbocycles. The maximum absolute atomic E-state index is 14.8. The molecule has 0 bridgehead atoms. The Kier molecular flexibility index (Phi) is 8.25. The van der Waals surface area contributed by atoms with Crippen LogP contribution in [0.15, 0.2) is 61.2 Å². The molecule has 0 saturated heterocycles. The first-order valence-electron chi connectivity index (χ1n) is 11.5. The summed E-state index contributed by atoms with van der Waals surface area (Å²) in [6, 6.07) is 7.47. The number of benzene rings is 1. The highest BCUT2D eigenvalue weighted by Gasteiger charge is 2.43. The van der Waals surface area contributed by atoms with Crippen LogP contribution in [0, 0.1) is 5.92 Å². The molecule has 15 heteroatoms. The summed E-state index contributed by atoms with van der Waals surface area (Å²) in [6.07, 6.45) is -2.35. The van der Waals surface area contributed by atoms with Crippen LogP contribution >= 0.6 is 0 Å². The van der Waals surface area contributed by atoms with Gasteiger partial charge in [0.05, 0.1) is 24.3 Å². The third-order valence-electron chi connectivity index (χ3n) is 6.11. The fourth-order valence-corrected chi connectivity index (χ4v) is 4.73. The lowest BCUT2D eigenvalue weighted by Crippen LogP contribution is -2.32. The first-order valence-corrected chi connectivity index (χ1v) is 13.0. The van der Waals surface area contributed by atoms with E-state index in [0.717, 1.165) is 0 Å². The van der Waals surface area contributed by atoms with E-state index in [0.29, 0.717) is 5.56 Å². The van der Waals surface area contributed by atoms with Gasteiger partial charge in [0.1, 0.15) is 11.9 Å². The number of halogens is 4. The average molecular weight is 573 g/mol. The molecule has 4 N–H and O–H groups in total. The lowest BCUT2D eigenvalue weighted by atomic mass is 10.1. The van der Waals surface area contributed by atoms with Crippen molar-refractivity contribution in [3.8, 4) is 5.75 Å². The second kappa shape index (κ2) is 11.3. The minimum atomic E-state index is -4.82. The number of rotatable bonds is 10. The van der Waals surface area contributed by atoms with Gasteiger partial charge in [0, 0.05) is 48.5 Å². The maximum atomic E-state index is 14.8. The van der Waals surface area contributed by atoms with Crippen LogP contribution in [0.2, 0.25) is 0 Å². The van der Waals surface area contributed by atoms with Gasteiger partial charge < -0.3 is 19.7 Å². The first kappa shape index (κ1) is 28.5. The molecule has 0 spiro atoms. The molecule has 0 radical (unpaired) electrons. The van der Waals surface area contributed by atoms with Gasteiger partial charge in [-0.1, -0.05) is 12.1 Å². The van der Waals surface area contributed by atoms with Gasteiger partial charge in [0.15, 0.2) is 5.78 Å². The van der Waals surface area contributed by atoms with Gasteiger partial charge in [0.2, 0.25) is 0 Å². The number of aromatic nitrogens is 2. The van der Waals surface area contributed by atoms with Crippen molar-refractivity contribution < 1.29 is 44.8 Å². The number of pyridine rings is 1. The summed E-state index contributed by atoms with van der Waals surface area (Å²) >= 11 is 0. The Morgan fingerprint density at radius 2 is 2.03 bits per heavy atom. The van der Waals surface area contributed by atoms with Gasteiger partial charge in [-0.05, 0) is 36.2 Å². The lowest BCUT2D eigenvalue weighted by molar-refractivity contribution is -0.274. The zero-order valence-corrected chi connectivity index (χ0v) is 20.9. The Morgan fingerprint density at radius 3 is 2.74 bits per heavy atom. The Balaban J connectivity index is 1.46. The predicted molar refractivity (Wildman–Crippen MR) is 130 cm³/mol. The topological polar surface area (TPSA) is 146 Å². The van der Waals surface area contributed by atoms with E-state index in [1.807, 2.05) is 0 Å². The zero-order valence-electron chi connectivity index (χ0n) is 20.1. The molecule has 2 heterocycles. The molecule has 210 valence electrons. The van der Waals surface area contributed by atoms with Crippen molar-refractivity contribution in [2.24, 2.45) is 11.1 Å². The van der Waals surface area contributed by atoms with Gasteiger partial charge in [-0.15, -0.1) is 13.2 Å². The van der Waals surface area contributed by atoms with Crippen molar-refractivity contribution in [1.82, 2.24) is 9.55 Å². The molecule has 1 aliphatic rings. The molecule has 2 aromatic heterocycles. The number of aliphatic hydroxyl groups excluding tert-OH is 1. The van der Waals surface area contributed by atoms with E-state index in [1.54, 1.807) is 16.8 Å². The molecule has 1 aromatic carbocycles. The summed E-state index contributed by atoms with van der Waals surface area (Å²) in [5.41, 5.74) is 1.11. The fourth-order valence-electron chi connectivity index (χ4n) is 4.36. The normalized spacial score (nSPS) is 21.6. The first-order chi connectivity index (χ1) is 18.3. The number of carbonyl (C=O) groups excluding carboxylic acids is 1. The van der Waals surface area contributed by atoms with Gasteiger partial charge in [0.25, 0.3) is 0 Å². The summed E-state index contributed by atoms with van der Waals surface area (Å²) in [5.74, 6) is -1.68. The molecule has 10 nitrogen and oxygen atoms in total. The number of hydrogen-bond donors (Lipinski definition) is 3. The van der Waals surface area contributed by atoms with Crippen molar-refractivity contribution in [1.29, 1.82) is 0 Å². The van der Waals surface area contributed by atoms with Crippen molar-refractivity contribution in [2.45, 2.75) is 37.6 Å². The highest BCUT2D eigenvalue weighted by atomic mass is 32.2. The van der Waals surface area contributed by atoms with E-state index in [-0.39, 0.29) is 35.5 Å². The van der Waals surface area contributed by atoms with Crippen molar-refractivity contribution in [3.05, 3.63) is 77.9 Å². The van der Waals surface area contributed by atoms with Crippen LogP contribution in [-0.2, 0) is 21.0 Å². The minimum Gasteiger partial charge on any atom is -0.406 e. The van der Waals surface area contributed by atoms with Gasteiger partial charge in [-0.2, -0.15) is 8.42 Å². The van der Waals surface area contributed by atoms with Crippen LogP contribution in [0.3, 0.4) is 0 Å². The number of alkyl halides is 4. The third kappa shape index (κ3) is 7.53. The average Bonchev–Trinajstić information content (AvgIpc) is 3.41. The molecule has 0 aliphatic heterocycles. The minimum absolute atomic E-state index is 0.00129. The number of carbonyl (C=O) groups is 1. The van der Waals surface area contributed by atoms with Gasteiger partial charge in [-0.25, -0.2) is 9.53 Å². The van der Waals surface area contributed by atoms with Crippen molar-refractivity contribution >= 4 is 21.8 Å². The third-order valence-corrected chi connectivity index (χ3v) is 6.58. The van der Waals surface area contributed by atoms with E-state index in [1.165, 1.54) is 48.9 Å². The summed E-state index contributed by atoms with van der Waals surface area (Å²) in [4.78, 5) is 17.2. The van der Waals surface area contributed by atoms with Crippen LogP contribution in [0.25, 0.3) is 0 Å². The highest BCUT2D eigenvalue weighted by molar-refractivity contribution is 7.84. The maximum Gasteiger partial charge on any atom is 0.573 e. The van der Waals surface area contributed by atoms with Crippen LogP contribution in [0.1, 0.15) is 27.9 Å². The number of hydrogen-bond acceptors (Lipinski definition) is 8. The number of nitrogens with two attached hydrogens (primary N) is 1. The van der Waals surface area contributed by atoms with Crippen LogP contribution in [0.4, 0.5) is 23.2 Å². The van der Waals surface area contributed by atoms with Gasteiger partial charge >= 0.3 is 16.7 Å². The molecule has 3 aromatic rings. The second-order valence-electron chi connectivity index (χ2n) is 8.98. The molecular weight excluding hydrogens is 548 g/mol. The molecule has 4 atom stereocenters. The number of ketones is 1. The van der Waals surface area contributed by atoms with Crippen LogP contribution in [0.5, 0.6) is 5.75 Å². The van der Waals surface area contributed by atoms with E-state index in [2.05, 4.69) is 19.2 Å². The van der Waals surface area contributed by atoms with E-state index in [9.17, 15) is 35.9 Å². The lowest BCUT2D eigenvalue weighted by Gasteiger charge is -2.19. The Bertz CT molecular complexity index is 1430.